The lowest BCUT2D eigenvalue weighted by molar-refractivity contribution is 0.378. The van der Waals surface area contributed by atoms with E-state index in [9.17, 15) is 0 Å². The van der Waals surface area contributed by atoms with E-state index in [1.54, 1.807) is 11.3 Å². The first kappa shape index (κ1) is 9.64. The fraction of sp³-hybridized carbons (Fsp3) is 0.375. The minimum Gasteiger partial charge on any atom is -0.392 e. The van der Waals surface area contributed by atoms with Crippen molar-refractivity contribution in [2.24, 2.45) is 5.73 Å². The van der Waals surface area contributed by atoms with E-state index in [-0.39, 0.29) is 0 Å². The number of nitrogens with two attached hydrogens (primary N) is 1. The summed E-state index contributed by atoms with van der Waals surface area (Å²) in [5.41, 5.74) is 5.42. The number of nitrogens with zero attached hydrogens (tertiary/aromatic N) is 1. The van der Waals surface area contributed by atoms with Crippen molar-refractivity contribution in [2.45, 2.75) is 6.54 Å². The molecule has 0 saturated heterocycles. The van der Waals surface area contributed by atoms with Crippen LogP contribution in [0.3, 0.4) is 0 Å². The van der Waals surface area contributed by atoms with E-state index in [0.717, 1.165) is 6.54 Å². The zero-order valence-corrected chi connectivity index (χ0v) is 8.62. The summed E-state index contributed by atoms with van der Waals surface area (Å²) in [6.45, 7) is 1.61. The van der Waals surface area contributed by atoms with Gasteiger partial charge in [0.2, 0.25) is 0 Å². The minimum absolute atomic E-state index is 0.550. The van der Waals surface area contributed by atoms with Gasteiger partial charge in [0, 0.05) is 18.0 Å². The van der Waals surface area contributed by atoms with Crippen molar-refractivity contribution in [3.8, 4) is 0 Å². The van der Waals surface area contributed by atoms with Crippen molar-refractivity contribution in [1.82, 2.24) is 4.90 Å². The van der Waals surface area contributed by atoms with Gasteiger partial charge in [0.1, 0.15) is 0 Å². The largest absolute Gasteiger partial charge is 0.392 e. The summed E-state index contributed by atoms with van der Waals surface area (Å²) in [7, 11) is 2.01. The summed E-state index contributed by atoms with van der Waals surface area (Å²) in [6.07, 6.45) is 0. The Morgan fingerprint density at radius 3 is 3.00 bits per heavy atom. The molecule has 0 aromatic carbocycles. The number of hydrogen-bond donors (Lipinski definition) is 1. The average molecular weight is 200 g/mol. The van der Waals surface area contributed by atoms with Gasteiger partial charge in [-0.3, -0.25) is 4.90 Å². The van der Waals surface area contributed by atoms with Crippen LogP contribution in [0.4, 0.5) is 0 Å². The van der Waals surface area contributed by atoms with Gasteiger partial charge in [0.15, 0.2) is 0 Å². The third kappa shape index (κ3) is 3.30. The maximum Gasteiger partial charge on any atom is 0.0870 e. The molecule has 0 spiro atoms. The first-order valence-electron chi connectivity index (χ1n) is 3.67. The number of hydrogen-bond acceptors (Lipinski definition) is 3. The predicted molar refractivity (Wildman–Crippen MR) is 57.4 cm³/mol. The van der Waals surface area contributed by atoms with Crippen molar-refractivity contribution in [1.29, 1.82) is 0 Å². The lowest BCUT2D eigenvalue weighted by Crippen LogP contribution is -2.28. The van der Waals surface area contributed by atoms with Gasteiger partial charge < -0.3 is 5.73 Å². The maximum atomic E-state index is 5.42. The standard InChI is InChI=1S/C8H12N2S2/c1-10(6-8(9)11)5-7-3-2-4-12-7/h2-4H,5-6H2,1H3,(H2,9,11). The molecule has 1 aromatic rings. The molecule has 0 amide bonds. The number of thiocarbonyl (C=S) groups is 1. The van der Waals surface area contributed by atoms with Gasteiger partial charge in [0.05, 0.1) is 4.99 Å². The molecule has 0 aliphatic rings. The SMILES string of the molecule is CN(CC(N)=S)Cc1cccs1. The molecule has 0 atom stereocenters. The van der Waals surface area contributed by atoms with Crippen molar-refractivity contribution < 1.29 is 0 Å². The molecular formula is C8H12N2S2. The molecule has 2 N–H and O–H groups in total. The van der Waals surface area contributed by atoms with Crippen LogP contribution in [0.25, 0.3) is 0 Å². The molecule has 1 aromatic heterocycles. The second-order valence-corrected chi connectivity index (χ2v) is 4.27. The van der Waals surface area contributed by atoms with Crippen LogP contribution in [0, 0.1) is 0 Å². The van der Waals surface area contributed by atoms with Crippen LogP contribution in [0.1, 0.15) is 4.88 Å². The van der Waals surface area contributed by atoms with Crippen molar-refractivity contribution in [2.75, 3.05) is 13.6 Å². The van der Waals surface area contributed by atoms with Crippen LogP contribution >= 0.6 is 23.6 Å². The Morgan fingerprint density at radius 1 is 1.75 bits per heavy atom. The zero-order valence-electron chi connectivity index (χ0n) is 6.99. The molecule has 0 aliphatic carbocycles. The third-order valence-electron chi connectivity index (χ3n) is 1.43. The Bertz CT molecular complexity index is 244. The predicted octanol–water partition coefficient (Wildman–Crippen LogP) is 1.47. The van der Waals surface area contributed by atoms with E-state index in [4.69, 9.17) is 18.0 Å². The smallest absolute Gasteiger partial charge is 0.0870 e. The van der Waals surface area contributed by atoms with E-state index in [1.807, 2.05) is 7.05 Å². The highest BCUT2D eigenvalue weighted by atomic mass is 32.1. The summed E-state index contributed by atoms with van der Waals surface area (Å²) in [5.74, 6) is 0. The summed E-state index contributed by atoms with van der Waals surface area (Å²) in [6, 6.07) is 4.16. The van der Waals surface area contributed by atoms with E-state index in [0.29, 0.717) is 11.5 Å². The fourth-order valence-corrected chi connectivity index (χ4v) is 1.99. The number of likely N-dealkylation sites (N-methyl/N-ethyl adjacent to an activating group) is 1. The summed E-state index contributed by atoms with van der Waals surface area (Å²) in [5, 5.41) is 2.07. The molecule has 2 nitrogen and oxygen atoms in total. The molecule has 0 unspecified atom stereocenters. The fourth-order valence-electron chi connectivity index (χ4n) is 0.991. The Labute approximate surface area is 82.0 Å². The van der Waals surface area contributed by atoms with Crippen LogP contribution in [0.2, 0.25) is 0 Å². The minimum atomic E-state index is 0.550. The number of rotatable bonds is 4. The molecule has 66 valence electrons. The Kier molecular flexibility index (Phi) is 3.65. The Morgan fingerprint density at radius 2 is 2.50 bits per heavy atom. The van der Waals surface area contributed by atoms with Crippen LogP contribution in [-0.2, 0) is 6.54 Å². The Hall–Kier alpha value is -0.450. The van der Waals surface area contributed by atoms with Gasteiger partial charge in [-0.2, -0.15) is 0 Å². The third-order valence-corrected chi connectivity index (χ3v) is 2.42. The van der Waals surface area contributed by atoms with E-state index in [2.05, 4.69) is 22.4 Å². The van der Waals surface area contributed by atoms with Crippen LogP contribution < -0.4 is 5.73 Å². The highest BCUT2D eigenvalue weighted by Crippen LogP contribution is 2.10. The first-order valence-corrected chi connectivity index (χ1v) is 4.96. The van der Waals surface area contributed by atoms with Crippen molar-refractivity contribution in [3.05, 3.63) is 22.4 Å². The number of thiophene rings is 1. The Balaban J connectivity index is 2.36. The topological polar surface area (TPSA) is 29.3 Å². The molecule has 0 fully saturated rings. The monoisotopic (exact) mass is 200 g/mol. The van der Waals surface area contributed by atoms with E-state index < -0.39 is 0 Å². The quantitative estimate of drug-likeness (QED) is 0.746. The van der Waals surface area contributed by atoms with Gasteiger partial charge >= 0.3 is 0 Å². The van der Waals surface area contributed by atoms with Crippen LogP contribution in [0.5, 0.6) is 0 Å². The lowest BCUT2D eigenvalue weighted by atomic mass is 10.4. The molecule has 0 bridgehead atoms. The van der Waals surface area contributed by atoms with E-state index >= 15 is 0 Å². The highest BCUT2D eigenvalue weighted by molar-refractivity contribution is 7.80. The zero-order chi connectivity index (χ0) is 8.97. The molecule has 0 aliphatic heterocycles. The summed E-state index contributed by atoms with van der Waals surface area (Å²) < 4.78 is 0. The van der Waals surface area contributed by atoms with Gasteiger partial charge in [-0.15, -0.1) is 11.3 Å². The van der Waals surface area contributed by atoms with Gasteiger partial charge in [-0.25, -0.2) is 0 Å². The second-order valence-electron chi connectivity index (χ2n) is 2.72. The van der Waals surface area contributed by atoms with Gasteiger partial charge in [-0.05, 0) is 18.5 Å². The molecule has 1 rings (SSSR count). The highest BCUT2D eigenvalue weighted by Gasteiger charge is 2.01. The maximum absolute atomic E-state index is 5.42. The van der Waals surface area contributed by atoms with E-state index in [1.165, 1.54) is 4.88 Å². The van der Waals surface area contributed by atoms with Crippen LogP contribution in [-0.4, -0.2) is 23.5 Å². The molecule has 0 saturated carbocycles. The molecule has 12 heavy (non-hydrogen) atoms. The van der Waals surface area contributed by atoms with Crippen molar-refractivity contribution >= 4 is 28.5 Å². The van der Waals surface area contributed by atoms with Crippen molar-refractivity contribution in [3.63, 3.8) is 0 Å². The molecular weight excluding hydrogens is 188 g/mol. The molecule has 4 heteroatoms. The summed E-state index contributed by atoms with van der Waals surface area (Å²) in [4.78, 5) is 4.00. The van der Waals surface area contributed by atoms with Gasteiger partial charge in [0.25, 0.3) is 0 Å². The average Bonchev–Trinajstić information content (AvgIpc) is 2.37. The lowest BCUT2D eigenvalue weighted by Gasteiger charge is -2.13. The normalized spacial score (nSPS) is 10.5. The molecule has 0 radical (unpaired) electrons. The van der Waals surface area contributed by atoms with Crippen LogP contribution in [0.15, 0.2) is 17.5 Å². The molecule has 1 heterocycles. The second kappa shape index (κ2) is 4.54. The van der Waals surface area contributed by atoms with Gasteiger partial charge in [-0.1, -0.05) is 18.3 Å². The summed E-state index contributed by atoms with van der Waals surface area (Å²) >= 11 is 6.56. The first-order chi connectivity index (χ1) is 5.68.